The Balaban J connectivity index is 1.34. The fourth-order valence-electron chi connectivity index (χ4n) is 6.05. The van der Waals surface area contributed by atoms with Gasteiger partial charge in [0.05, 0.1) is 7.11 Å². The summed E-state index contributed by atoms with van der Waals surface area (Å²) in [5.41, 5.74) is 1.22. The van der Waals surface area contributed by atoms with Crippen LogP contribution in [-0.2, 0) is 4.79 Å². The van der Waals surface area contributed by atoms with Crippen LogP contribution in [0.4, 0.5) is 0 Å². The first kappa shape index (κ1) is 14.8. The number of ether oxygens (including phenoxy) is 1. The number of carbonyl (C=O) groups excluding carboxylic acids is 1. The monoisotopic (exact) mass is 325 g/mol. The van der Waals surface area contributed by atoms with E-state index in [1.165, 1.54) is 37.7 Å². The van der Waals surface area contributed by atoms with E-state index in [4.69, 9.17) is 4.74 Å². The maximum absolute atomic E-state index is 13.2. The Kier molecular flexibility index (Phi) is 3.39. The minimum absolute atomic E-state index is 0.192. The van der Waals surface area contributed by atoms with Gasteiger partial charge in [-0.05, 0) is 73.8 Å². The van der Waals surface area contributed by atoms with E-state index in [2.05, 4.69) is 17.0 Å². The predicted molar refractivity (Wildman–Crippen MR) is 92.9 cm³/mol. The maximum Gasteiger partial charge on any atom is 0.226 e. The van der Waals surface area contributed by atoms with E-state index in [0.717, 1.165) is 36.5 Å². The zero-order valence-electron chi connectivity index (χ0n) is 14.5. The molecule has 4 unspecified atom stereocenters. The standard InChI is InChI=1S/C21H27NO2/c1-24-20-5-3-2-4-17(20)18-11-19(18)21(23)22-12-15-7-13-6-14(8-15)10-16(22)9-13/h2-5,13-16,18-19H,6-12H2,1H3. The summed E-state index contributed by atoms with van der Waals surface area (Å²) in [7, 11) is 1.72. The highest BCUT2D eigenvalue weighted by molar-refractivity contribution is 5.83. The first-order valence-electron chi connectivity index (χ1n) is 9.66. The van der Waals surface area contributed by atoms with E-state index in [9.17, 15) is 4.79 Å². The molecule has 5 fully saturated rings. The van der Waals surface area contributed by atoms with Gasteiger partial charge in [-0.3, -0.25) is 4.79 Å². The van der Waals surface area contributed by atoms with Gasteiger partial charge < -0.3 is 9.64 Å². The molecule has 0 spiro atoms. The van der Waals surface area contributed by atoms with Crippen LogP contribution < -0.4 is 4.74 Å². The highest BCUT2D eigenvalue weighted by atomic mass is 16.5. The summed E-state index contributed by atoms with van der Waals surface area (Å²) < 4.78 is 5.50. The van der Waals surface area contributed by atoms with Crippen molar-refractivity contribution in [1.82, 2.24) is 4.90 Å². The van der Waals surface area contributed by atoms with Crippen molar-refractivity contribution < 1.29 is 9.53 Å². The Labute approximate surface area is 144 Å². The Morgan fingerprint density at radius 2 is 1.71 bits per heavy atom. The fraction of sp³-hybridized carbons (Fsp3) is 0.667. The third-order valence-corrected chi connectivity index (χ3v) is 7.04. The molecule has 4 atom stereocenters. The molecule has 2 aliphatic heterocycles. The summed E-state index contributed by atoms with van der Waals surface area (Å²) in [6, 6.07) is 8.75. The van der Waals surface area contributed by atoms with Crippen LogP contribution in [-0.4, -0.2) is 30.5 Å². The van der Waals surface area contributed by atoms with Crippen molar-refractivity contribution in [2.75, 3.05) is 13.7 Å². The van der Waals surface area contributed by atoms with Crippen molar-refractivity contribution >= 4 is 5.91 Å². The number of fused-ring (bicyclic) bond motifs is 1. The number of rotatable bonds is 3. The molecule has 0 radical (unpaired) electrons. The zero-order chi connectivity index (χ0) is 16.3. The molecule has 3 heteroatoms. The summed E-state index contributed by atoms with van der Waals surface area (Å²) in [5.74, 6) is 4.50. The first-order chi connectivity index (χ1) is 11.7. The molecule has 0 aromatic heterocycles. The van der Waals surface area contributed by atoms with Crippen LogP contribution in [0.5, 0.6) is 5.75 Å². The van der Waals surface area contributed by atoms with Crippen LogP contribution in [0.15, 0.2) is 24.3 Å². The smallest absolute Gasteiger partial charge is 0.226 e. The predicted octanol–water partition coefficient (Wildman–Crippen LogP) is 3.84. The molecule has 1 aromatic carbocycles. The number of hydrogen-bond donors (Lipinski definition) is 0. The fourth-order valence-corrected chi connectivity index (χ4v) is 6.05. The molecule has 3 saturated carbocycles. The van der Waals surface area contributed by atoms with Crippen LogP contribution in [0.25, 0.3) is 0 Å². The summed E-state index contributed by atoms with van der Waals surface area (Å²) in [5, 5.41) is 0. The largest absolute Gasteiger partial charge is 0.496 e. The molecule has 1 amide bonds. The molecule has 3 aliphatic carbocycles. The molecule has 1 aromatic rings. The normalized spacial score (nSPS) is 39.6. The number of hydrogen-bond acceptors (Lipinski definition) is 2. The molecule has 0 N–H and O–H groups in total. The third-order valence-electron chi connectivity index (χ3n) is 7.04. The van der Waals surface area contributed by atoms with Crippen LogP contribution >= 0.6 is 0 Å². The number of para-hydroxylation sites is 1. The van der Waals surface area contributed by atoms with Gasteiger partial charge in [0.15, 0.2) is 0 Å². The van der Waals surface area contributed by atoms with Crippen LogP contribution in [0.2, 0.25) is 0 Å². The second kappa shape index (κ2) is 5.50. The average Bonchev–Trinajstić information content (AvgIpc) is 3.40. The molecule has 2 saturated heterocycles. The van der Waals surface area contributed by atoms with Crippen molar-refractivity contribution in [2.45, 2.75) is 50.5 Å². The van der Waals surface area contributed by atoms with Gasteiger partial charge in [0.2, 0.25) is 5.91 Å². The topological polar surface area (TPSA) is 29.5 Å². The first-order valence-corrected chi connectivity index (χ1v) is 9.66. The zero-order valence-corrected chi connectivity index (χ0v) is 14.5. The lowest BCUT2D eigenvalue weighted by Crippen LogP contribution is -2.43. The highest BCUT2D eigenvalue weighted by Gasteiger charge is 2.51. The van der Waals surface area contributed by atoms with Gasteiger partial charge in [0, 0.05) is 18.5 Å². The van der Waals surface area contributed by atoms with E-state index in [1.807, 2.05) is 12.1 Å². The van der Waals surface area contributed by atoms with Crippen molar-refractivity contribution in [2.24, 2.45) is 23.7 Å². The van der Waals surface area contributed by atoms with Gasteiger partial charge in [0.1, 0.15) is 5.75 Å². The highest BCUT2D eigenvalue weighted by Crippen LogP contribution is 2.53. The van der Waals surface area contributed by atoms with E-state index >= 15 is 0 Å². The Morgan fingerprint density at radius 3 is 2.46 bits per heavy atom. The van der Waals surface area contributed by atoms with Gasteiger partial charge in [-0.15, -0.1) is 0 Å². The Bertz CT molecular complexity index is 643. The van der Waals surface area contributed by atoms with E-state index < -0.39 is 0 Å². The number of amides is 1. The third kappa shape index (κ3) is 2.35. The molecular weight excluding hydrogens is 298 g/mol. The lowest BCUT2D eigenvalue weighted by molar-refractivity contribution is -0.135. The SMILES string of the molecule is COc1ccccc1C1CC1C(=O)N1CC2CC3CC(C2)CC1C3. The Hall–Kier alpha value is -1.51. The second-order valence-corrected chi connectivity index (χ2v) is 8.61. The molecule has 5 aliphatic rings. The number of benzene rings is 1. The van der Waals surface area contributed by atoms with E-state index in [0.29, 0.717) is 17.9 Å². The molecule has 24 heavy (non-hydrogen) atoms. The average molecular weight is 325 g/mol. The lowest BCUT2D eigenvalue weighted by atomic mass is 9.68. The minimum atomic E-state index is 0.192. The van der Waals surface area contributed by atoms with Crippen LogP contribution in [0.1, 0.15) is 50.0 Å². The van der Waals surface area contributed by atoms with Gasteiger partial charge in [0.25, 0.3) is 0 Å². The van der Waals surface area contributed by atoms with Crippen molar-refractivity contribution in [3.63, 3.8) is 0 Å². The van der Waals surface area contributed by atoms with Gasteiger partial charge in [-0.1, -0.05) is 18.2 Å². The van der Waals surface area contributed by atoms with Gasteiger partial charge in [-0.2, -0.15) is 0 Å². The maximum atomic E-state index is 13.2. The van der Waals surface area contributed by atoms with Gasteiger partial charge >= 0.3 is 0 Å². The summed E-state index contributed by atoms with van der Waals surface area (Å²) >= 11 is 0. The minimum Gasteiger partial charge on any atom is -0.496 e. The van der Waals surface area contributed by atoms with Crippen molar-refractivity contribution in [3.05, 3.63) is 29.8 Å². The molecule has 3 nitrogen and oxygen atoms in total. The van der Waals surface area contributed by atoms with Gasteiger partial charge in [-0.25, -0.2) is 0 Å². The molecule has 4 bridgehead atoms. The molecule has 2 heterocycles. The summed E-state index contributed by atoms with van der Waals surface area (Å²) in [6.45, 7) is 1.03. The molecule has 128 valence electrons. The summed E-state index contributed by atoms with van der Waals surface area (Å²) in [6.07, 6.45) is 7.71. The van der Waals surface area contributed by atoms with Crippen molar-refractivity contribution in [1.29, 1.82) is 0 Å². The summed E-state index contributed by atoms with van der Waals surface area (Å²) in [4.78, 5) is 15.6. The number of nitrogens with zero attached hydrogens (tertiary/aromatic N) is 1. The van der Waals surface area contributed by atoms with Crippen LogP contribution in [0, 0.1) is 23.7 Å². The van der Waals surface area contributed by atoms with Crippen LogP contribution in [0.3, 0.4) is 0 Å². The molecule has 6 rings (SSSR count). The number of methoxy groups -OCH3 is 1. The Morgan fingerprint density at radius 1 is 1.00 bits per heavy atom. The quantitative estimate of drug-likeness (QED) is 0.845. The lowest BCUT2D eigenvalue weighted by Gasteiger charge is -2.39. The number of carbonyl (C=O) groups is 1. The van der Waals surface area contributed by atoms with E-state index in [-0.39, 0.29) is 5.92 Å². The van der Waals surface area contributed by atoms with Crippen molar-refractivity contribution in [3.8, 4) is 5.75 Å². The van der Waals surface area contributed by atoms with E-state index in [1.54, 1.807) is 7.11 Å². The second-order valence-electron chi connectivity index (χ2n) is 8.61. The molecular formula is C21H27NO2.